The lowest BCUT2D eigenvalue weighted by Crippen LogP contribution is -2.44. The molecule has 1 saturated heterocycles. The fraction of sp³-hybridized carbons (Fsp3) is 0.444. The van der Waals surface area contributed by atoms with Crippen molar-refractivity contribution in [3.05, 3.63) is 39.3 Å². The molecular formula is C18H22Cl2N4OS. The molecular weight excluding hydrogens is 391 g/mol. The monoisotopic (exact) mass is 412 g/mol. The van der Waals surface area contributed by atoms with Crippen molar-refractivity contribution in [2.75, 3.05) is 36.4 Å². The van der Waals surface area contributed by atoms with Gasteiger partial charge in [0, 0.05) is 36.6 Å². The number of nitrogens with one attached hydrogen (secondary N) is 1. The van der Waals surface area contributed by atoms with Gasteiger partial charge in [0.1, 0.15) is 0 Å². The molecule has 1 amide bonds. The number of halogens is 2. The van der Waals surface area contributed by atoms with E-state index in [2.05, 4.69) is 25.5 Å². The molecule has 1 aliphatic rings. The highest BCUT2D eigenvalue weighted by Crippen LogP contribution is 2.26. The van der Waals surface area contributed by atoms with Crippen LogP contribution in [-0.2, 0) is 4.79 Å². The van der Waals surface area contributed by atoms with Crippen LogP contribution >= 0.6 is 34.5 Å². The predicted octanol–water partition coefficient (Wildman–Crippen LogP) is 4.30. The number of hydrogen-bond donors (Lipinski definition) is 1. The fourth-order valence-corrected chi connectivity index (χ4v) is 4.31. The average molecular weight is 413 g/mol. The van der Waals surface area contributed by atoms with Gasteiger partial charge in [-0.05, 0) is 38.5 Å². The molecule has 1 aromatic heterocycles. The number of aromatic nitrogens is 1. The molecule has 8 heteroatoms. The Kier molecular flexibility index (Phi) is 6.40. The SMILES string of the molecule is Cc1csc(N2CCCN(C(C)C(=O)Nc3ccc(Cl)cc3Cl)CC2)n1. The number of thiazole rings is 1. The number of carbonyl (C=O) groups excluding carboxylic acids is 1. The topological polar surface area (TPSA) is 48.5 Å². The molecule has 1 atom stereocenters. The molecule has 0 bridgehead atoms. The number of nitrogens with zero attached hydrogens (tertiary/aromatic N) is 3. The minimum absolute atomic E-state index is 0.0623. The summed E-state index contributed by atoms with van der Waals surface area (Å²) in [5, 5.41) is 7.03. The number of aryl methyl sites for hydroxylation is 1. The van der Waals surface area contributed by atoms with Gasteiger partial charge >= 0.3 is 0 Å². The summed E-state index contributed by atoms with van der Waals surface area (Å²) >= 11 is 13.7. The van der Waals surface area contributed by atoms with Crippen molar-refractivity contribution in [3.63, 3.8) is 0 Å². The third-order valence-corrected chi connectivity index (χ3v) is 6.09. The first kappa shape index (κ1) is 19.4. The Balaban J connectivity index is 1.60. The van der Waals surface area contributed by atoms with Crippen molar-refractivity contribution in [1.82, 2.24) is 9.88 Å². The van der Waals surface area contributed by atoms with Crippen molar-refractivity contribution >= 4 is 51.3 Å². The quantitative estimate of drug-likeness (QED) is 0.812. The first-order valence-corrected chi connectivity index (χ1v) is 10.2. The maximum atomic E-state index is 12.6. The Labute approximate surface area is 167 Å². The van der Waals surface area contributed by atoms with Gasteiger partial charge in [-0.25, -0.2) is 4.98 Å². The van der Waals surface area contributed by atoms with Gasteiger partial charge in [-0.3, -0.25) is 9.69 Å². The van der Waals surface area contributed by atoms with E-state index in [1.807, 2.05) is 13.8 Å². The van der Waals surface area contributed by atoms with Crippen molar-refractivity contribution in [2.24, 2.45) is 0 Å². The Bertz CT molecular complexity index is 782. The van der Waals surface area contributed by atoms with E-state index in [1.165, 1.54) is 0 Å². The standard InChI is InChI=1S/C18H22Cl2N4OS/c1-12-11-26-18(21-12)24-7-3-6-23(8-9-24)13(2)17(25)22-16-5-4-14(19)10-15(16)20/h4-5,10-11,13H,3,6-9H2,1-2H3,(H,22,25). The average Bonchev–Trinajstić information content (AvgIpc) is 2.89. The fourth-order valence-electron chi connectivity index (χ4n) is 3.00. The van der Waals surface area contributed by atoms with Crippen molar-refractivity contribution in [1.29, 1.82) is 0 Å². The Morgan fingerprint density at radius 3 is 2.77 bits per heavy atom. The zero-order valence-corrected chi connectivity index (χ0v) is 17.2. The Hall–Kier alpha value is -1.34. The zero-order valence-electron chi connectivity index (χ0n) is 14.8. The maximum absolute atomic E-state index is 12.6. The molecule has 3 rings (SSSR count). The summed E-state index contributed by atoms with van der Waals surface area (Å²) in [4.78, 5) is 21.7. The van der Waals surface area contributed by atoms with Gasteiger partial charge in [0.25, 0.3) is 0 Å². The summed E-state index contributed by atoms with van der Waals surface area (Å²) in [7, 11) is 0. The molecule has 0 spiro atoms. The summed E-state index contributed by atoms with van der Waals surface area (Å²) in [6.07, 6.45) is 0.998. The van der Waals surface area contributed by atoms with Crippen LogP contribution in [0.15, 0.2) is 23.6 Å². The second-order valence-corrected chi connectivity index (χ2v) is 8.12. The van der Waals surface area contributed by atoms with Gasteiger partial charge in [0.15, 0.2) is 5.13 Å². The predicted molar refractivity (Wildman–Crippen MR) is 110 cm³/mol. The van der Waals surface area contributed by atoms with E-state index in [-0.39, 0.29) is 11.9 Å². The van der Waals surface area contributed by atoms with Crippen LogP contribution in [0.1, 0.15) is 19.0 Å². The highest BCUT2D eigenvalue weighted by atomic mass is 35.5. The van der Waals surface area contributed by atoms with E-state index in [9.17, 15) is 4.79 Å². The second kappa shape index (κ2) is 8.57. The molecule has 1 unspecified atom stereocenters. The van der Waals surface area contributed by atoms with E-state index in [1.54, 1.807) is 29.5 Å². The van der Waals surface area contributed by atoms with Gasteiger partial charge in [0.2, 0.25) is 5.91 Å². The maximum Gasteiger partial charge on any atom is 0.241 e. The largest absolute Gasteiger partial charge is 0.347 e. The minimum atomic E-state index is -0.236. The number of rotatable bonds is 4. The molecule has 5 nitrogen and oxygen atoms in total. The van der Waals surface area contributed by atoms with Crippen LogP contribution in [0.4, 0.5) is 10.8 Å². The lowest BCUT2D eigenvalue weighted by atomic mass is 10.2. The molecule has 0 radical (unpaired) electrons. The molecule has 26 heavy (non-hydrogen) atoms. The lowest BCUT2D eigenvalue weighted by molar-refractivity contribution is -0.120. The van der Waals surface area contributed by atoms with Crippen LogP contribution < -0.4 is 10.2 Å². The van der Waals surface area contributed by atoms with E-state index in [0.29, 0.717) is 15.7 Å². The molecule has 1 aliphatic heterocycles. The smallest absolute Gasteiger partial charge is 0.241 e. The molecule has 0 aliphatic carbocycles. The van der Waals surface area contributed by atoms with E-state index in [0.717, 1.165) is 43.4 Å². The number of benzene rings is 1. The molecule has 1 N–H and O–H groups in total. The van der Waals surface area contributed by atoms with Gasteiger partial charge in [-0.1, -0.05) is 23.2 Å². The van der Waals surface area contributed by atoms with Crippen molar-refractivity contribution < 1.29 is 4.79 Å². The van der Waals surface area contributed by atoms with Gasteiger partial charge in [-0.2, -0.15) is 0 Å². The van der Waals surface area contributed by atoms with Crippen LogP contribution in [0.25, 0.3) is 0 Å². The molecule has 1 aromatic carbocycles. The molecule has 1 fully saturated rings. The third-order valence-electron chi connectivity index (χ3n) is 4.52. The number of hydrogen-bond acceptors (Lipinski definition) is 5. The van der Waals surface area contributed by atoms with Crippen molar-refractivity contribution in [3.8, 4) is 0 Å². The zero-order chi connectivity index (χ0) is 18.7. The molecule has 0 saturated carbocycles. The summed E-state index contributed by atoms with van der Waals surface area (Å²) < 4.78 is 0. The Morgan fingerprint density at radius 2 is 2.08 bits per heavy atom. The second-order valence-electron chi connectivity index (χ2n) is 6.44. The Morgan fingerprint density at radius 1 is 1.27 bits per heavy atom. The third kappa shape index (κ3) is 4.68. The van der Waals surface area contributed by atoms with Crippen LogP contribution in [0.5, 0.6) is 0 Å². The summed E-state index contributed by atoms with van der Waals surface area (Å²) in [6, 6.07) is 4.83. The van der Waals surface area contributed by atoms with Crippen molar-refractivity contribution in [2.45, 2.75) is 26.3 Å². The number of anilines is 2. The minimum Gasteiger partial charge on any atom is -0.347 e. The highest BCUT2D eigenvalue weighted by Gasteiger charge is 2.25. The van der Waals surface area contributed by atoms with Gasteiger partial charge < -0.3 is 10.2 Å². The van der Waals surface area contributed by atoms with Crippen LogP contribution in [0.2, 0.25) is 10.0 Å². The van der Waals surface area contributed by atoms with E-state index >= 15 is 0 Å². The van der Waals surface area contributed by atoms with E-state index < -0.39 is 0 Å². The highest BCUT2D eigenvalue weighted by molar-refractivity contribution is 7.13. The van der Waals surface area contributed by atoms with Crippen LogP contribution in [0.3, 0.4) is 0 Å². The van der Waals surface area contributed by atoms with Gasteiger partial charge in [-0.15, -0.1) is 11.3 Å². The lowest BCUT2D eigenvalue weighted by Gasteiger charge is -2.27. The van der Waals surface area contributed by atoms with Gasteiger partial charge in [0.05, 0.1) is 22.4 Å². The summed E-state index contributed by atoms with van der Waals surface area (Å²) in [5.74, 6) is -0.0623. The number of amides is 1. The summed E-state index contributed by atoms with van der Waals surface area (Å²) in [5.41, 5.74) is 1.64. The first-order valence-electron chi connectivity index (χ1n) is 8.61. The van der Waals surface area contributed by atoms with Crippen LogP contribution in [0, 0.1) is 6.92 Å². The first-order chi connectivity index (χ1) is 12.4. The number of carbonyl (C=O) groups is 1. The molecule has 140 valence electrons. The van der Waals surface area contributed by atoms with E-state index in [4.69, 9.17) is 23.2 Å². The van der Waals surface area contributed by atoms with Crippen LogP contribution in [-0.4, -0.2) is 48.0 Å². The molecule has 2 heterocycles. The molecule has 2 aromatic rings. The normalized spacial score (nSPS) is 17.0. The summed E-state index contributed by atoms with van der Waals surface area (Å²) in [6.45, 7) is 7.47.